The lowest BCUT2D eigenvalue weighted by molar-refractivity contribution is 0.0422. The van der Waals surface area contributed by atoms with Crippen LogP contribution >= 0.6 is 0 Å². The van der Waals surface area contributed by atoms with Crippen LogP contribution in [-0.4, -0.2) is 39.3 Å². The Hall–Kier alpha value is -1.79. The first kappa shape index (κ1) is 15.1. The normalized spacial score (nSPS) is 21.0. The molecule has 0 unspecified atom stereocenters. The molecular formula is C16H20FN3O2. The molecule has 22 heavy (non-hydrogen) atoms. The number of hydrogen-bond donors (Lipinski definition) is 1. The fourth-order valence-electron chi connectivity index (χ4n) is 2.75. The highest BCUT2D eigenvalue weighted by molar-refractivity contribution is 5.54. The van der Waals surface area contributed by atoms with Crippen LogP contribution in [0.15, 0.2) is 22.7 Å². The first-order valence-corrected chi connectivity index (χ1v) is 7.57. The standard InChI is InChI=1S/C16H20FN3O2/c1-10-5-6-12(8-14(10)17)15-18-16(22-19-15)11(2)20-7-3-4-13(21)9-20/h5-6,8,11,13,21H,3-4,7,9H2,1-2H3/t11-,13-/m0/s1. The number of benzene rings is 1. The predicted molar refractivity (Wildman–Crippen MR) is 79.7 cm³/mol. The third-order valence-corrected chi connectivity index (χ3v) is 4.20. The van der Waals surface area contributed by atoms with Crippen LogP contribution in [-0.2, 0) is 0 Å². The number of halogens is 1. The van der Waals surface area contributed by atoms with Crippen LogP contribution in [0.25, 0.3) is 11.4 Å². The maximum atomic E-state index is 13.6. The molecule has 1 saturated heterocycles. The van der Waals surface area contributed by atoms with Gasteiger partial charge in [0.15, 0.2) is 0 Å². The van der Waals surface area contributed by atoms with E-state index in [1.54, 1.807) is 19.1 Å². The van der Waals surface area contributed by atoms with E-state index >= 15 is 0 Å². The van der Waals surface area contributed by atoms with Gasteiger partial charge in [-0.25, -0.2) is 4.39 Å². The fourth-order valence-corrected chi connectivity index (χ4v) is 2.75. The summed E-state index contributed by atoms with van der Waals surface area (Å²) >= 11 is 0. The van der Waals surface area contributed by atoms with E-state index in [0.29, 0.717) is 29.4 Å². The van der Waals surface area contributed by atoms with Gasteiger partial charge in [-0.3, -0.25) is 4.90 Å². The zero-order valence-electron chi connectivity index (χ0n) is 12.8. The summed E-state index contributed by atoms with van der Waals surface area (Å²) in [6, 6.07) is 4.83. The van der Waals surface area contributed by atoms with E-state index in [9.17, 15) is 9.50 Å². The summed E-state index contributed by atoms with van der Waals surface area (Å²) in [5.41, 5.74) is 1.19. The number of piperidine rings is 1. The Labute approximate surface area is 128 Å². The van der Waals surface area contributed by atoms with Crippen molar-refractivity contribution in [2.75, 3.05) is 13.1 Å². The molecule has 2 aromatic rings. The number of aliphatic hydroxyl groups is 1. The van der Waals surface area contributed by atoms with Crippen molar-refractivity contribution in [1.82, 2.24) is 15.0 Å². The van der Waals surface area contributed by atoms with Gasteiger partial charge in [0.05, 0.1) is 12.1 Å². The molecule has 0 amide bonds. The van der Waals surface area contributed by atoms with E-state index in [1.807, 2.05) is 6.92 Å². The third-order valence-electron chi connectivity index (χ3n) is 4.20. The van der Waals surface area contributed by atoms with Crippen molar-refractivity contribution in [2.24, 2.45) is 0 Å². The topological polar surface area (TPSA) is 62.4 Å². The van der Waals surface area contributed by atoms with E-state index in [0.717, 1.165) is 19.4 Å². The molecule has 1 aliphatic heterocycles. The number of likely N-dealkylation sites (tertiary alicyclic amines) is 1. The van der Waals surface area contributed by atoms with E-state index in [1.165, 1.54) is 6.07 Å². The maximum Gasteiger partial charge on any atom is 0.244 e. The summed E-state index contributed by atoms with van der Waals surface area (Å²) in [6.45, 7) is 5.20. The van der Waals surface area contributed by atoms with E-state index < -0.39 is 0 Å². The summed E-state index contributed by atoms with van der Waals surface area (Å²) in [5.74, 6) is 0.597. The summed E-state index contributed by atoms with van der Waals surface area (Å²) in [6.07, 6.45) is 1.49. The molecule has 0 aliphatic carbocycles. The average Bonchev–Trinajstić information content (AvgIpc) is 2.99. The molecule has 1 aromatic heterocycles. The molecule has 1 fully saturated rings. The zero-order valence-corrected chi connectivity index (χ0v) is 12.8. The first-order valence-electron chi connectivity index (χ1n) is 7.57. The monoisotopic (exact) mass is 305 g/mol. The summed E-state index contributed by atoms with van der Waals surface area (Å²) in [5, 5.41) is 13.7. The van der Waals surface area contributed by atoms with Crippen molar-refractivity contribution in [1.29, 1.82) is 0 Å². The molecule has 5 nitrogen and oxygen atoms in total. The fraction of sp³-hybridized carbons (Fsp3) is 0.500. The minimum absolute atomic E-state index is 0.0634. The van der Waals surface area contributed by atoms with Crippen molar-refractivity contribution < 1.29 is 14.0 Å². The van der Waals surface area contributed by atoms with Crippen LogP contribution in [0.2, 0.25) is 0 Å². The number of aryl methyl sites for hydroxylation is 1. The van der Waals surface area contributed by atoms with E-state index in [-0.39, 0.29) is 18.0 Å². The number of β-amino-alcohol motifs (C(OH)–C–C–N with tert-alkyl or cyclic N) is 1. The summed E-state index contributed by atoms with van der Waals surface area (Å²) in [7, 11) is 0. The van der Waals surface area contributed by atoms with E-state index in [2.05, 4.69) is 15.0 Å². The average molecular weight is 305 g/mol. The molecule has 1 N–H and O–H groups in total. The van der Waals surface area contributed by atoms with Crippen molar-refractivity contribution in [3.05, 3.63) is 35.5 Å². The number of aromatic nitrogens is 2. The van der Waals surface area contributed by atoms with Gasteiger partial charge in [0.1, 0.15) is 5.82 Å². The van der Waals surface area contributed by atoms with Gasteiger partial charge in [-0.1, -0.05) is 17.3 Å². The molecule has 1 aromatic carbocycles. The molecule has 0 bridgehead atoms. The van der Waals surface area contributed by atoms with Gasteiger partial charge in [-0.05, 0) is 44.9 Å². The van der Waals surface area contributed by atoms with Crippen LogP contribution in [0.3, 0.4) is 0 Å². The van der Waals surface area contributed by atoms with Crippen LogP contribution in [0.4, 0.5) is 4.39 Å². The Balaban J connectivity index is 1.79. The first-order chi connectivity index (χ1) is 10.5. The lowest BCUT2D eigenvalue weighted by Gasteiger charge is -2.32. The van der Waals surface area contributed by atoms with Crippen molar-refractivity contribution >= 4 is 0 Å². The Morgan fingerprint density at radius 2 is 2.27 bits per heavy atom. The van der Waals surface area contributed by atoms with E-state index in [4.69, 9.17) is 4.52 Å². The molecule has 6 heteroatoms. The van der Waals surface area contributed by atoms with Gasteiger partial charge in [0.2, 0.25) is 11.7 Å². The van der Waals surface area contributed by atoms with Crippen LogP contribution in [0.5, 0.6) is 0 Å². The second-order valence-corrected chi connectivity index (χ2v) is 5.89. The van der Waals surface area contributed by atoms with Crippen molar-refractivity contribution in [2.45, 2.75) is 38.8 Å². The number of aliphatic hydroxyl groups excluding tert-OH is 1. The summed E-state index contributed by atoms with van der Waals surface area (Å²) < 4.78 is 19.0. The van der Waals surface area contributed by atoms with Crippen LogP contribution < -0.4 is 0 Å². The Kier molecular flexibility index (Phi) is 4.22. The molecule has 2 heterocycles. The quantitative estimate of drug-likeness (QED) is 0.944. The highest BCUT2D eigenvalue weighted by Crippen LogP contribution is 2.26. The molecular weight excluding hydrogens is 285 g/mol. The lowest BCUT2D eigenvalue weighted by Crippen LogP contribution is -2.39. The maximum absolute atomic E-state index is 13.6. The largest absolute Gasteiger partial charge is 0.392 e. The lowest BCUT2D eigenvalue weighted by atomic mass is 10.1. The second kappa shape index (κ2) is 6.14. The molecule has 3 rings (SSSR count). The van der Waals surface area contributed by atoms with Crippen LogP contribution in [0.1, 0.15) is 37.3 Å². The molecule has 0 saturated carbocycles. The number of nitrogens with zero attached hydrogens (tertiary/aromatic N) is 3. The highest BCUT2D eigenvalue weighted by Gasteiger charge is 2.26. The van der Waals surface area contributed by atoms with Crippen molar-refractivity contribution in [3.63, 3.8) is 0 Å². The van der Waals surface area contributed by atoms with Gasteiger partial charge in [0, 0.05) is 12.1 Å². The Morgan fingerprint density at radius 1 is 1.45 bits per heavy atom. The number of hydrogen-bond acceptors (Lipinski definition) is 5. The number of rotatable bonds is 3. The third kappa shape index (κ3) is 3.03. The molecule has 118 valence electrons. The van der Waals surface area contributed by atoms with Gasteiger partial charge < -0.3 is 9.63 Å². The SMILES string of the molecule is Cc1ccc(-c2noc([C@H](C)N3CCC[C@H](O)C3)n2)cc1F. The highest BCUT2D eigenvalue weighted by atomic mass is 19.1. The smallest absolute Gasteiger partial charge is 0.244 e. The molecule has 1 aliphatic rings. The van der Waals surface area contributed by atoms with Gasteiger partial charge in [-0.2, -0.15) is 4.98 Å². The van der Waals surface area contributed by atoms with Crippen molar-refractivity contribution in [3.8, 4) is 11.4 Å². The van der Waals surface area contributed by atoms with Crippen LogP contribution in [0, 0.1) is 12.7 Å². The summed E-state index contributed by atoms with van der Waals surface area (Å²) in [4.78, 5) is 6.51. The molecule has 0 radical (unpaired) electrons. The minimum Gasteiger partial charge on any atom is -0.392 e. The predicted octanol–water partition coefficient (Wildman–Crippen LogP) is 2.70. The second-order valence-electron chi connectivity index (χ2n) is 5.89. The minimum atomic E-state index is -0.301. The Morgan fingerprint density at radius 3 is 3.00 bits per heavy atom. The van der Waals surface area contributed by atoms with Gasteiger partial charge in [-0.15, -0.1) is 0 Å². The molecule has 0 spiro atoms. The van der Waals surface area contributed by atoms with Gasteiger partial charge in [0.25, 0.3) is 0 Å². The van der Waals surface area contributed by atoms with Gasteiger partial charge >= 0.3 is 0 Å². The zero-order chi connectivity index (χ0) is 15.7. The molecule has 2 atom stereocenters. The Bertz CT molecular complexity index is 659.